The van der Waals surface area contributed by atoms with Gasteiger partial charge in [-0.05, 0) is 234 Å². The fraction of sp³-hybridized carbons (Fsp3) is 0.385. The molecule has 6 aromatic rings. The molecule has 0 heterocycles. The summed E-state index contributed by atoms with van der Waals surface area (Å²) in [5.41, 5.74) is 1.51. The van der Waals surface area contributed by atoms with Gasteiger partial charge < -0.3 is 64.5 Å². The van der Waals surface area contributed by atoms with Crippen LogP contribution >= 0.6 is 0 Å². The van der Waals surface area contributed by atoms with Crippen LogP contribution in [0.3, 0.4) is 0 Å². The van der Waals surface area contributed by atoms with Crippen LogP contribution in [0.1, 0.15) is 158 Å². The summed E-state index contributed by atoms with van der Waals surface area (Å²) < 4.78 is 31.3. The second-order valence-electron chi connectivity index (χ2n) is 29.6. The third-order valence-corrected chi connectivity index (χ3v) is 12.5. The molecule has 31 nitrogen and oxygen atoms in total. The molecule has 6 amide bonds. The number of anilines is 6. The van der Waals surface area contributed by atoms with Crippen molar-refractivity contribution in [1.82, 2.24) is 0 Å². The number of phenols is 6. The smallest absolute Gasteiger partial charge is 0.412 e. The molecule has 33 heteroatoms. The van der Waals surface area contributed by atoms with E-state index in [4.69, 9.17) is 28.4 Å². The fourth-order valence-electron chi connectivity index (χ4n) is 8.27. The summed E-state index contributed by atoms with van der Waals surface area (Å²) in [6.07, 6.45) is 5.29. The molecule has 14 N–H and O–H groups in total. The first kappa shape index (κ1) is 97.8. The third-order valence-electron chi connectivity index (χ3n) is 12.5. The van der Waals surface area contributed by atoms with Crippen molar-refractivity contribution in [1.29, 1.82) is 0 Å². The van der Waals surface area contributed by atoms with Crippen LogP contribution in [-0.2, 0) is 62.6 Å². The van der Waals surface area contributed by atoms with E-state index in [0.29, 0.717) is 107 Å². The number of carbonyl (C=O) groups is 6. The predicted octanol–water partition coefficient (Wildman–Crippen LogP) is 15.2. The summed E-state index contributed by atoms with van der Waals surface area (Å²) in [6.45, 7) is 33.7. The SMILES string of the molecule is CC(C)(C)OC(=O)Nc1ccc(O)c(C=NCCN=Cc2cc(NC(=O)OC(C)(C)C)ccc2O)c1.CC(C)(C)OC(=O)Nc1ccc(O)c(C=NCCN=Cc2cc(NC(=O)OC(C)(C)C)ccc2O)c1.CC(C)(C)OC(=O)Nc1ccc(O)c(C=NCCN=Cc2cc(NC(=O)OC(C)(C)C)ccc2O)c1.O.[Fe].[Fe]. The number of nitrogens with zero attached hydrogens (tertiary/aromatic N) is 6. The second-order valence-corrected chi connectivity index (χ2v) is 29.6. The molecule has 0 spiro atoms. The monoisotopic (exact) mass is 1620 g/mol. The Morgan fingerprint density at radius 3 is 0.486 bits per heavy atom. The van der Waals surface area contributed by atoms with Gasteiger partial charge in [-0.25, -0.2) is 28.8 Å². The van der Waals surface area contributed by atoms with Crippen molar-refractivity contribution < 1.29 is 127 Å². The number of ether oxygens (including phenoxy) is 6. The van der Waals surface area contributed by atoms with Gasteiger partial charge in [-0.2, -0.15) is 0 Å². The average Bonchev–Trinajstić information content (AvgIpc) is 0.888. The Hall–Kier alpha value is -11.2. The Morgan fingerprint density at radius 2 is 0.378 bits per heavy atom. The number of hydrogen-bond acceptors (Lipinski definition) is 24. The number of rotatable bonds is 21. The quantitative estimate of drug-likeness (QED) is 0.0105. The molecule has 0 aliphatic rings. The standard InChI is InChI=1S/3C26H34N4O6.2Fe.H2O/c3*1-25(2,3)35-23(33)29-19-7-9-21(31)17(13-19)15-27-11-12-28-16-18-14-20(8-10-22(18)32)30-24(34)36-26(4,5)6;;;/h3*7-10,13-16,31-32H,11-12H2,1-6H3,(H,29,33)(H,30,34);;;1H2. The van der Waals surface area contributed by atoms with Crippen LogP contribution in [0.25, 0.3) is 0 Å². The average molecular weight is 1630 g/mol. The molecule has 0 aliphatic heterocycles. The van der Waals surface area contributed by atoms with E-state index in [1.807, 2.05) is 0 Å². The Balaban J connectivity index is 0.000000821. The summed E-state index contributed by atoms with van der Waals surface area (Å²) in [4.78, 5) is 97.1. The Labute approximate surface area is 668 Å². The van der Waals surface area contributed by atoms with E-state index in [1.165, 1.54) is 73.7 Å². The fourth-order valence-corrected chi connectivity index (χ4v) is 8.27. The molecule has 6 aromatic carbocycles. The van der Waals surface area contributed by atoms with Crippen LogP contribution < -0.4 is 31.9 Å². The van der Waals surface area contributed by atoms with Gasteiger partial charge in [-0.3, -0.25) is 61.9 Å². The molecule has 0 bridgehead atoms. The van der Waals surface area contributed by atoms with Crippen molar-refractivity contribution in [3.63, 3.8) is 0 Å². The zero-order valence-corrected chi connectivity index (χ0v) is 67.8. The molecule has 0 fully saturated rings. The van der Waals surface area contributed by atoms with E-state index in [-0.39, 0.29) is 74.1 Å². The van der Waals surface area contributed by atoms with Crippen molar-refractivity contribution in [2.24, 2.45) is 30.0 Å². The maximum atomic E-state index is 11.9. The second kappa shape index (κ2) is 45.0. The number of aromatic hydroxyl groups is 6. The molecule has 0 atom stereocenters. The van der Waals surface area contributed by atoms with Crippen LogP contribution in [0.4, 0.5) is 62.9 Å². The van der Waals surface area contributed by atoms with Crippen molar-refractivity contribution in [3.8, 4) is 34.5 Å². The van der Waals surface area contributed by atoms with Crippen LogP contribution in [-0.4, -0.2) is 183 Å². The number of hydrogen-bond donors (Lipinski definition) is 12. The molecule has 111 heavy (non-hydrogen) atoms. The molecule has 0 unspecified atom stereocenters. The Bertz CT molecular complexity index is 3560. The molecule has 0 aliphatic carbocycles. The zero-order valence-electron chi connectivity index (χ0n) is 65.6. The van der Waals surface area contributed by atoms with E-state index in [9.17, 15) is 59.4 Å². The summed E-state index contributed by atoms with van der Waals surface area (Å²) in [5.74, 6) is 0.0623. The minimum absolute atomic E-state index is 0. The number of carbonyl (C=O) groups excluding carboxylic acids is 6. The van der Waals surface area contributed by atoms with Crippen molar-refractivity contribution in [2.45, 2.75) is 158 Å². The molecular formula is C78H104Fe2N12O19. The van der Waals surface area contributed by atoms with Gasteiger partial charge in [-0.1, -0.05) is 0 Å². The zero-order chi connectivity index (χ0) is 80.8. The van der Waals surface area contributed by atoms with Gasteiger partial charge in [0.25, 0.3) is 0 Å². The maximum Gasteiger partial charge on any atom is 0.412 e. The van der Waals surface area contributed by atoms with E-state index in [0.717, 1.165) is 0 Å². The molecule has 6 rings (SSSR count). The number of nitrogens with one attached hydrogen (secondary N) is 6. The normalized spacial score (nSPS) is 11.7. The van der Waals surface area contributed by atoms with E-state index in [1.54, 1.807) is 197 Å². The van der Waals surface area contributed by atoms with Gasteiger partial charge >= 0.3 is 36.6 Å². The van der Waals surface area contributed by atoms with Gasteiger partial charge in [0.2, 0.25) is 0 Å². The van der Waals surface area contributed by atoms with Crippen molar-refractivity contribution >= 4 is 108 Å². The summed E-state index contributed by atoms with van der Waals surface area (Å²) >= 11 is 0. The first-order valence-corrected chi connectivity index (χ1v) is 34.1. The van der Waals surface area contributed by atoms with E-state index < -0.39 is 70.2 Å². The van der Waals surface area contributed by atoms with Crippen molar-refractivity contribution in [3.05, 3.63) is 143 Å². The van der Waals surface area contributed by atoms with Crippen molar-refractivity contribution in [2.75, 3.05) is 71.2 Å². The number of aliphatic imine (C=N–C) groups is 6. The minimum Gasteiger partial charge on any atom is -0.507 e. The topological polar surface area (TPSA) is 457 Å². The molecule has 0 radical (unpaired) electrons. The minimum atomic E-state index is -0.626. The van der Waals surface area contributed by atoms with Gasteiger partial charge in [0, 0.05) is 139 Å². The molecule has 0 saturated heterocycles. The number of benzene rings is 6. The molecule has 606 valence electrons. The van der Waals surface area contributed by atoms with Crippen LogP contribution in [0.15, 0.2) is 139 Å². The molecule has 0 aromatic heterocycles. The van der Waals surface area contributed by atoms with Crippen LogP contribution in [0.2, 0.25) is 0 Å². The third kappa shape index (κ3) is 42.3. The summed E-state index contributed by atoms with van der Waals surface area (Å²) in [6, 6.07) is 27.5. The van der Waals surface area contributed by atoms with Gasteiger partial charge in [0.1, 0.15) is 68.1 Å². The van der Waals surface area contributed by atoms with E-state index >= 15 is 0 Å². The van der Waals surface area contributed by atoms with E-state index in [2.05, 4.69) is 61.9 Å². The largest absolute Gasteiger partial charge is 0.507 e. The Morgan fingerprint density at radius 1 is 0.261 bits per heavy atom. The number of phenolic OH excluding ortho intramolecular Hbond substituents is 6. The van der Waals surface area contributed by atoms with Gasteiger partial charge in [0.05, 0.1) is 39.3 Å². The Kier molecular flexibility index (Phi) is 39.7. The summed E-state index contributed by atoms with van der Waals surface area (Å²) in [5, 5.41) is 76.0. The molecule has 0 saturated carbocycles. The van der Waals surface area contributed by atoms with Gasteiger partial charge in [-0.15, -0.1) is 0 Å². The summed E-state index contributed by atoms with van der Waals surface area (Å²) in [7, 11) is 0. The molecular weight excluding hydrogens is 1520 g/mol. The first-order chi connectivity index (χ1) is 50.1. The predicted molar refractivity (Wildman–Crippen MR) is 426 cm³/mol. The first-order valence-electron chi connectivity index (χ1n) is 34.1. The van der Waals surface area contributed by atoms with Gasteiger partial charge in [0.15, 0.2) is 0 Å². The number of amides is 6. The van der Waals surface area contributed by atoms with Crippen LogP contribution in [0.5, 0.6) is 34.5 Å². The van der Waals surface area contributed by atoms with Crippen LogP contribution in [0, 0.1) is 0 Å². The maximum absolute atomic E-state index is 11.9.